The summed E-state index contributed by atoms with van der Waals surface area (Å²) in [5.74, 6) is 0.139. The van der Waals surface area contributed by atoms with Gasteiger partial charge in [-0.15, -0.1) is 0 Å². The summed E-state index contributed by atoms with van der Waals surface area (Å²) in [4.78, 5) is 11.9. The summed E-state index contributed by atoms with van der Waals surface area (Å²) in [5.41, 5.74) is 1.85. The Morgan fingerprint density at radius 2 is 1.71 bits per heavy atom. The fourth-order valence-electron chi connectivity index (χ4n) is 1.61. The van der Waals surface area contributed by atoms with Crippen LogP contribution in [0.25, 0.3) is 0 Å². The molecular formula is C14H14ClNO. The van der Waals surface area contributed by atoms with Gasteiger partial charge in [-0.1, -0.05) is 36.4 Å². The highest BCUT2D eigenvalue weighted by molar-refractivity contribution is 5.94. The van der Waals surface area contributed by atoms with Crippen molar-refractivity contribution in [1.29, 1.82) is 0 Å². The van der Waals surface area contributed by atoms with Crippen LogP contribution in [-0.2, 0) is 6.54 Å². The van der Waals surface area contributed by atoms with Gasteiger partial charge in [-0.05, 0) is 0 Å². The number of aromatic nitrogens is 1. The van der Waals surface area contributed by atoms with E-state index in [-0.39, 0.29) is 18.2 Å². The molecule has 0 radical (unpaired) electrons. The highest BCUT2D eigenvalue weighted by Crippen LogP contribution is 2.00. The van der Waals surface area contributed by atoms with Crippen molar-refractivity contribution >= 4 is 5.78 Å². The maximum Gasteiger partial charge on any atom is 0.227 e. The molecule has 0 unspecified atom stereocenters. The van der Waals surface area contributed by atoms with Gasteiger partial charge in [0.25, 0.3) is 0 Å². The molecule has 0 bridgehead atoms. The second-order valence-electron chi connectivity index (χ2n) is 3.76. The van der Waals surface area contributed by atoms with Gasteiger partial charge in [0.05, 0.1) is 0 Å². The zero-order valence-corrected chi connectivity index (χ0v) is 10.4. The van der Waals surface area contributed by atoms with Crippen LogP contribution in [0.2, 0.25) is 0 Å². The minimum Gasteiger partial charge on any atom is -1.00 e. The molecule has 0 aliphatic rings. The summed E-state index contributed by atoms with van der Waals surface area (Å²) in [6.45, 7) is 2.40. The Morgan fingerprint density at radius 3 is 2.35 bits per heavy atom. The quantitative estimate of drug-likeness (QED) is 0.512. The molecule has 0 saturated heterocycles. The van der Waals surface area contributed by atoms with E-state index in [9.17, 15) is 4.79 Å². The van der Waals surface area contributed by atoms with Gasteiger partial charge >= 0.3 is 0 Å². The Hall–Kier alpha value is -1.67. The van der Waals surface area contributed by atoms with Crippen LogP contribution in [0, 0.1) is 6.92 Å². The normalized spacial score (nSPS) is 9.47. The Balaban J connectivity index is 0.00000144. The minimum absolute atomic E-state index is 0. The number of benzene rings is 1. The lowest BCUT2D eigenvalue weighted by Crippen LogP contribution is -3.00. The topological polar surface area (TPSA) is 20.9 Å². The maximum atomic E-state index is 11.9. The number of hydrogen-bond donors (Lipinski definition) is 0. The molecule has 88 valence electrons. The number of carbonyl (C=O) groups excluding carboxylic acids is 1. The van der Waals surface area contributed by atoms with Crippen LogP contribution in [-0.4, -0.2) is 5.78 Å². The van der Waals surface area contributed by atoms with Crippen LogP contribution in [0.15, 0.2) is 54.7 Å². The van der Waals surface area contributed by atoms with Crippen LogP contribution in [0.4, 0.5) is 0 Å². The molecular weight excluding hydrogens is 234 g/mol. The van der Waals surface area contributed by atoms with E-state index in [0.29, 0.717) is 6.54 Å². The van der Waals surface area contributed by atoms with Crippen molar-refractivity contribution in [3.63, 3.8) is 0 Å². The van der Waals surface area contributed by atoms with Crippen molar-refractivity contribution in [3.05, 3.63) is 66.0 Å². The van der Waals surface area contributed by atoms with Crippen LogP contribution in [0.5, 0.6) is 0 Å². The Labute approximate surface area is 107 Å². The molecule has 3 heteroatoms. The van der Waals surface area contributed by atoms with E-state index in [2.05, 4.69) is 0 Å². The van der Waals surface area contributed by atoms with Gasteiger partial charge in [0.1, 0.15) is 0 Å². The summed E-state index contributed by atoms with van der Waals surface area (Å²) in [6, 6.07) is 15.3. The van der Waals surface area contributed by atoms with Crippen molar-refractivity contribution in [2.24, 2.45) is 0 Å². The molecule has 0 aliphatic carbocycles. The van der Waals surface area contributed by atoms with Crippen molar-refractivity contribution in [3.8, 4) is 0 Å². The number of Topliss-reactive ketones (excluding diaryl/α,β-unsaturated/α-hetero) is 1. The van der Waals surface area contributed by atoms with Crippen molar-refractivity contribution in [1.82, 2.24) is 0 Å². The Morgan fingerprint density at radius 1 is 1.06 bits per heavy atom. The van der Waals surface area contributed by atoms with Crippen molar-refractivity contribution in [2.45, 2.75) is 13.5 Å². The number of halogens is 1. The van der Waals surface area contributed by atoms with E-state index >= 15 is 0 Å². The number of pyridine rings is 1. The predicted octanol–water partition coefficient (Wildman–Crippen LogP) is -0.831. The molecule has 0 saturated carbocycles. The molecule has 17 heavy (non-hydrogen) atoms. The molecule has 0 spiro atoms. The number of rotatable bonds is 3. The van der Waals surface area contributed by atoms with Gasteiger partial charge in [-0.25, -0.2) is 0 Å². The summed E-state index contributed by atoms with van der Waals surface area (Å²) >= 11 is 0. The van der Waals surface area contributed by atoms with E-state index in [4.69, 9.17) is 0 Å². The highest BCUT2D eigenvalue weighted by Gasteiger charge is 2.12. The number of carbonyl (C=O) groups is 1. The average molecular weight is 248 g/mol. The fourth-order valence-corrected chi connectivity index (χ4v) is 1.61. The van der Waals surface area contributed by atoms with E-state index in [1.165, 1.54) is 0 Å². The Kier molecular flexibility index (Phi) is 4.85. The lowest BCUT2D eigenvalue weighted by atomic mass is 10.1. The molecule has 2 aromatic rings. The zero-order chi connectivity index (χ0) is 11.4. The zero-order valence-electron chi connectivity index (χ0n) is 9.64. The molecule has 2 nitrogen and oxygen atoms in total. The first-order chi connectivity index (χ1) is 7.77. The van der Waals surface area contributed by atoms with Crippen molar-refractivity contribution in [2.75, 3.05) is 0 Å². The van der Waals surface area contributed by atoms with Gasteiger partial charge in [0.2, 0.25) is 12.3 Å². The van der Waals surface area contributed by atoms with Gasteiger partial charge in [-0.3, -0.25) is 4.79 Å². The lowest BCUT2D eigenvalue weighted by molar-refractivity contribution is -0.689. The van der Waals surface area contributed by atoms with Crippen LogP contribution < -0.4 is 17.0 Å². The predicted molar refractivity (Wildman–Crippen MR) is 62.1 cm³/mol. The first kappa shape index (κ1) is 13.4. The number of ketones is 1. The molecule has 0 atom stereocenters. The van der Waals surface area contributed by atoms with Gasteiger partial charge in [0, 0.05) is 24.6 Å². The molecule has 0 aliphatic heterocycles. The number of aryl methyl sites for hydroxylation is 1. The average Bonchev–Trinajstić information content (AvgIpc) is 2.33. The second-order valence-corrected chi connectivity index (χ2v) is 3.76. The molecule has 1 heterocycles. The van der Waals surface area contributed by atoms with Gasteiger partial charge in [0.15, 0.2) is 11.9 Å². The maximum absolute atomic E-state index is 11.9. The second kappa shape index (κ2) is 6.16. The SMILES string of the molecule is Cc1cccc[n+]1CC(=O)c1ccccc1.[Cl-]. The van der Waals surface area contributed by atoms with Crippen molar-refractivity contribution < 1.29 is 21.8 Å². The summed E-state index contributed by atoms with van der Waals surface area (Å²) in [5, 5.41) is 0. The molecule has 0 N–H and O–H groups in total. The highest BCUT2D eigenvalue weighted by atomic mass is 35.5. The largest absolute Gasteiger partial charge is 1.00 e. The third kappa shape index (κ3) is 3.40. The summed E-state index contributed by atoms with van der Waals surface area (Å²) in [7, 11) is 0. The van der Waals surface area contributed by atoms with Crippen LogP contribution in [0.3, 0.4) is 0 Å². The standard InChI is InChI=1S/C14H14NO.ClH/c1-12-7-5-6-10-15(12)11-14(16)13-8-3-2-4-9-13;/h2-10H,11H2,1H3;1H/q+1;/p-1. The lowest BCUT2D eigenvalue weighted by Gasteiger charge is -1.99. The molecule has 1 aromatic heterocycles. The molecule has 1 aromatic carbocycles. The van der Waals surface area contributed by atoms with Crippen LogP contribution >= 0.6 is 0 Å². The summed E-state index contributed by atoms with van der Waals surface area (Å²) in [6.07, 6.45) is 1.93. The number of nitrogens with zero attached hydrogens (tertiary/aromatic N) is 1. The number of hydrogen-bond acceptors (Lipinski definition) is 1. The third-order valence-electron chi connectivity index (χ3n) is 2.58. The van der Waals surface area contributed by atoms with Crippen LogP contribution in [0.1, 0.15) is 16.1 Å². The van der Waals surface area contributed by atoms with E-state index < -0.39 is 0 Å². The van der Waals surface area contributed by atoms with E-state index in [1.807, 2.05) is 66.2 Å². The first-order valence-corrected chi connectivity index (χ1v) is 5.31. The third-order valence-corrected chi connectivity index (χ3v) is 2.58. The van der Waals surface area contributed by atoms with E-state index in [1.54, 1.807) is 0 Å². The Bertz CT molecular complexity index is 497. The molecule has 0 amide bonds. The molecule has 0 fully saturated rings. The van der Waals surface area contributed by atoms with E-state index in [0.717, 1.165) is 11.3 Å². The molecule has 2 rings (SSSR count). The van der Waals surface area contributed by atoms with Gasteiger partial charge < -0.3 is 12.4 Å². The minimum atomic E-state index is 0. The first-order valence-electron chi connectivity index (χ1n) is 5.31. The van der Waals surface area contributed by atoms with Gasteiger partial charge in [-0.2, -0.15) is 4.57 Å². The smallest absolute Gasteiger partial charge is 0.227 e. The summed E-state index contributed by atoms with van der Waals surface area (Å²) < 4.78 is 1.95. The fraction of sp³-hybridized carbons (Fsp3) is 0.143. The monoisotopic (exact) mass is 247 g/mol.